The Kier molecular flexibility index (Phi) is 5.67. The van der Waals surface area contributed by atoms with Crippen molar-refractivity contribution in [2.24, 2.45) is 0 Å². The zero-order valence-electron chi connectivity index (χ0n) is 13.2. The van der Waals surface area contributed by atoms with Crippen LogP contribution < -0.4 is 5.32 Å². The molecule has 0 aromatic rings. The summed E-state index contributed by atoms with van der Waals surface area (Å²) in [4.78, 5) is 5.09. The highest BCUT2D eigenvalue weighted by Gasteiger charge is 2.40. The first-order valence-electron chi connectivity index (χ1n) is 8.29. The van der Waals surface area contributed by atoms with E-state index in [0.717, 1.165) is 6.04 Å². The summed E-state index contributed by atoms with van der Waals surface area (Å²) in [6.45, 7) is 7.38. The van der Waals surface area contributed by atoms with E-state index in [0.29, 0.717) is 5.54 Å². The quantitative estimate of drug-likeness (QED) is 0.745. The lowest BCUT2D eigenvalue weighted by Gasteiger charge is -2.46. The molecule has 2 fully saturated rings. The molecule has 1 N–H and O–H groups in total. The molecule has 1 spiro atoms. The molecule has 0 radical (unpaired) electrons. The van der Waals surface area contributed by atoms with Gasteiger partial charge in [0.25, 0.3) is 0 Å². The predicted molar refractivity (Wildman–Crippen MR) is 82.6 cm³/mol. The first-order valence-corrected chi connectivity index (χ1v) is 8.29. The lowest BCUT2D eigenvalue weighted by Crippen LogP contribution is -2.63. The van der Waals surface area contributed by atoms with Gasteiger partial charge in [0.1, 0.15) is 0 Å². The smallest absolute Gasteiger partial charge is 0.0309 e. The maximum atomic E-state index is 3.88. The maximum Gasteiger partial charge on any atom is 0.0309 e. The first-order chi connectivity index (χ1) is 9.15. The van der Waals surface area contributed by atoms with Gasteiger partial charge in [-0.2, -0.15) is 0 Å². The van der Waals surface area contributed by atoms with E-state index in [1.807, 2.05) is 0 Å². The molecule has 1 unspecified atom stereocenters. The molecule has 1 saturated carbocycles. The molecule has 2 aliphatic rings. The Morgan fingerprint density at radius 3 is 2.58 bits per heavy atom. The largest absolute Gasteiger partial charge is 0.309 e. The predicted octanol–water partition coefficient (Wildman–Crippen LogP) is 2.32. The fourth-order valence-electron chi connectivity index (χ4n) is 3.83. The molecule has 1 aliphatic carbocycles. The van der Waals surface area contributed by atoms with Crippen molar-refractivity contribution in [3.05, 3.63) is 0 Å². The standard InChI is InChI=1S/C16H33N3/c1-4-15-13-17-16(9-5-6-10-16)14-19(15)12-8-7-11-18(2)3/h15,17H,4-14H2,1-3H3. The molecule has 0 amide bonds. The summed E-state index contributed by atoms with van der Waals surface area (Å²) in [5.41, 5.74) is 0.479. The average molecular weight is 267 g/mol. The number of piperazine rings is 1. The lowest BCUT2D eigenvalue weighted by atomic mass is 9.91. The van der Waals surface area contributed by atoms with Crippen LogP contribution in [0.4, 0.5) is 0 Å². The van der Waals surface area contributed by atoms with Crippen molar-refractivity contribution in [3.8, 4) is 0 Å². The molecule has 2 rings (SSSR count). The molecule has 1 heterocycles. The van der Waals surface area contributed by atoms with Gasteiger partial charge in [-0.3, -0.25) is 4.90 Å². The van der Waals surface area contributed by atoms with E-state index in [2.05, 4.69) is 36.1 Å². The average Bonchev–Trinajstić information content (AvgIpc) is 2.83. The second kappa shape index (κ2) is 7.05. The monoisotopic (exact) mass is 267 g/mol. The Morgan fingerprint density at radius 1 is 1.21 bits per heavy atom. The van der Waals surface area contributed by atoms with Crippen molar-refractivity contribution in [2.75, 3.05) is 40.3 Å². The number of rotatable bonds is 6. The van der Waals surface area contributed by atoms with Crippen LogP contribution in [0.5, 0.6) is 0 Å². The third-order valence-electron chi connectivity index (χ3n) is 5.07. The molecule has 0 aromatic heterocycles. The minimum absolute atomic E-state index is 0.479. The van der Waals surface area contributed by atoms with Gasteiger partial charge in [0.2, 0.25) is 0 Å². The molecule has 19 heavy (non-hydrogen) atoms. The SMILES string of the molecule is CCC1CNC2(CCCC2)CN1CCCCN(C)C. The van der Waals surface area contributed by atoms with Crippen molar-refractivity contribution < 1.29 is 0 Å². The maximum absolute atomic E-state index is 3.88. The highest BCUT2D eigenvalue weighted by atomic mass is 15.3. The molecule has 1 atom stereocenters. The molecule has 1 saturated heterocycles. The Morgan fingerprint density at radius 2 is 1.95 bits per heavy atom. The summed E-state index contributed by atoms with van der Waals surface area (Å²) in [7, 11) is 4.35. The fraction of sp³-hybridized carbons (Fsp3) is 1.00. The molecule has 1 aliphatic heterocycles. The molecule has 112 valence electrons. The Bertz CT molecular complexity index is 259. The van der Waals surface area contributed by atoms with Crippen LogP contribution >= 0.6 is 0 Å². The number of hydrogen-bond acceptors (Lipinski definition) is 3. The van der Waals surface area contributed by atoms with Gasteiger partial charge in [-0.25, -0.2) is 0 Å². The molecular formula is C16H33N3. The number of nitrogens with one attached hydrogen (secondary N) is 1. The zero-order chi connectivity index (χ0) is 13.7. The lowest BCUT2D eigenvalue weighted by molar-refractivity contribution is 0.0763. The number of hydrogen-bond donors (Lipinski definition) is 1. The molecule has 3 heteroatoms. The topological polar surface area (TPSA) is 18.5 Å². The van der Waals surface area contributed by atoms with Crippen molar-refractivity contribution in [2.45, 2.75) is 63.5 Å². The first kappa shape index (κ1) is 15.3. The molecule has 0 aromatic carbocycles. The summed E-state index contributed by atoms with van der Waals surface area (Å²) in [5, 5.41) is 3.88. The summed E-state index contributed by atoms with van der Waals surface area (Å²) in [5.74, 6) is 0. The van der Waals surface area contributed by atoms with E-state index < -0.39 is 0 Å². The van der Waals surface area contributed by atoms with E-state index in [9.17, 15) is 0 Å². The van der Waals surface area contributed by atoms with Crippen molar-refractivity contribution in [3.63, 3.8) is 0 Å². The van der Waals surface area contributed by atoms with Gasteiger partial charge in [0.15, 0.2) is 0 Å². The van der Waals surface area contributed by atoms with Crippen LogP contribution in [0.2, 0.25) is 0 Å². The van der Waals surface area contributed by atoms with E-state index in [1.165, 1.54) is 71.1 Å². The van der Waals surface area contributed by atoms with Crippen LogP contribution in [0.3, 0.4) is 0 Å². The second-order valence-electron chi connectivity index (χ2n) is 6.91. The van der Waals surface area contributed by atoms with Crippen molar-refractivity contribution in [1.29, 1.82) is 0 Å². The number of nitrogens with zero attached hydrogens (tertiary/aromatic N) is 2. The van der Waals surface area contributed by atoms with Crippen LogP contribution in [0.25, 0.3) is 0 Å². The van der Waals surface area contributed by atoms with Gasteiger partial charge < -0.3 is 10.2 Å². The third kappa shape index (κ3) is 4.17. The summed E-state index contributed by atoms with van der Waals surface area (Å²) in [6.07, 6.45) is 9.63. The summed E-state index contributed by atoms with van der Waals surface area (Å²) >= 11 is 0. The van der Waals surface area contributed by atoms with E-state index in [4.69, 9.17) is 0 Å². The van der Waals surface area contributed by atoms with Crippen molar-refractivity contribution >= 4 is 0 Å². The van der Waals surface area contributed by atoms with Gasteiger partial charge in [0.05, 0.1) is 0 Å². The van der Waals surface area contributed by atoms with Crippen LogP contribution in [0.15, 0.2) is 0 Å². The zero-order valence-corrected chi connectivity index (χ0v) is 13.2. The normalized spacial score (nSPS) is 27.5. The van der Waals surface area contributed by atoms with Gasteiger partial charge in [-0.05, 0) is 59.3 Å². The Hall–Kier alpha value is -0.120. The molecule has 3 nitrogen and oxygen atoms in total. The minimum atomic E-state index is 0.479. The molecule has 0 bridgehead atoms. The number of unbranched alkanes of at least 4 members (excludes halogenated alkanes) is 1. The van der Waals surface area contributed by atoms with E-state index >= 15 is 0 Å². The summed E-state index contributed by atoms with van der Waals surface area (Å²) < 4.78 is 0. The minimum Gasteiger partial charge on any atom is -0.309 e. The Labute approximate surface area is 119 Å². The fourth-order valence-corrected chi connectivity index (χ4v) is 3.83. The van der Waals surface area contributed by atoms with Gasteiger partial charge in [-0.1, -0.05) is 19.8 Å². The second-order valence-corrected chi connectivity index (χ2v) is 6.91. The highest BCUT2D eigenvalue weighted by molar-refractivity contribution is 5.00. The summed E-state index contributed by atoms with van der Waals surface area (Å²) in [6, 6.07) is 0.769. The Balaban J connectivity index is 1.80. The van der Waals surface area contributed by atoms with Crippen LogP contribution in [0, 0.1) is 0 Å². The van der Waals surface area contributed by atoms with Crippen LogP contribution in [-0.2, 0) is 0 Å². The third-order valence-corrected chi connectivity index (χ3v) is 5.07. The highest BCUT2D eigenvalue weighted by Crippen LogP contribution is 2.33. The van der Waals surface area contributed by atoms with Crippen LogP contribution in [0.1, 0.15) is 51.9 Å². The van der Waals surface area contributed by atoms with E-state index in [1.54, 1.807) is 0 Å². The van der Waals surface area contributed by atoms with Gasteiger partial charge >= 0.3 is 0 Å². The van der Waals surface area contributed by atoms with Gasteiger partial charge in [0, 0.05) is 24.7 Å². The van der Waals surface area contributed by atoms with Crippen molar-refractivity contribution in [1.82, 2.24) is 15.1 Å². The molecular weight excluding hydrogens is 234 g/mol. The van der Waals surface area contributed by atoms with E-state index in [-0.39, 0.29) is 0 Å². The van der Waals surface area contributed by atoms with Gasteiger partial charge in [-0.15, -0.1) is 0 Å². The van der Waals surface area contributed by atoms with Crippen LogP contribution in [-0.4, -0.2) is 61.7 Å².